The van der Waals surface area contributed by atoms with Crippen LogP contribution in [0.4, 0.5) is 5.69 Å². The van der Waals surface area contributed by atoms with Gasteiger partial charge >= 0.3 is 0 Å². The van der Waals surface area contributed by atoms with E-state index in [4.69, 9.17) is 0 Å². The molecule has 1 aromatic carbocycles. The van der Waals surface area contributed by atoms with Gasteiger partial charge in [0.1, 0.15) is 0 Å². The maximum atomic E-state index is 9.56. The lowest BCUT2D eigenvalue weighted by molar-refractivity contribution is 0.199. The van der Waals surface area contributed by atoms with Gasteiger partial charge in [0.25, 0.3) is 0 Å². The molecule has 2 nitrogen and oxygen atoms in total. The quantitative estimate of drug-likeness (QED) is 0.895. The molecule has 0 heterocycles. The fourth-order valence-electron chi connectivity index (χ4n) is 2.05. The maximum absolute atomic E-state index is 9.56. The molecule has 0 aromatic heterocycles. The summed E-state index contributed by atoms with van der Waals surface area (Å²) in [5, 5.41) is 9.56. The number of halogens is 1. The Morgan fingerprint density at radius 3 is 2.65 bits per heavy atom. The molecule has 0 radical (unpaired) electrons. The fraction of sp³-hybridized carbons (Fsp3) is 0.571. The third kappa shape index (κ3) is 3.23. The van der Waals surface area contributed by atoms with Crippen LogP contribution in [0, 0.1) is 5.92 Å². The summed E-state index contributed by atoms with van der Waals surface area (Å²) >= 11 is 3.61. The Hall–Kier alpha value is -0.540. The summed E-state index contributed by atoms with van der Waals surface area (Å²) in [7, 11) is 0. The largest absolute Gasteiger partial charge is 0.389 e. The molecular formula is C14H20BrNO. The Kier molecular flexibility index (Phi) is 4.10. The smallest absolute Gasteiger partial charge is 0.0762 e. The molecule has 1 aliphatic rings. The van der Waals surface area contributed by atoms with Crippen LogP contribution in [0.1, 0.15) is 38.4 Å². The molecule has 1 N–H and O–H groups in total. The molecule has 3 heteroatoms. The van der Waals surface area contributed by atoms with Crippen molar-refractivity contribution in [3.8, 4) is 0 Å². The van der Waals surface area contributed by atoms with Gasteiger partial charge in [0, 0.05) is 17.6 Å². The zero-order chi connectivity index (χ0) is 12.4. The number of hydrogen-bond acceptors (Lipinski definition) is 2. The van der Waals surface area contributed by atoms with Crippen LogP contribution >= 0.6 is 15.9 Å². The average molecular weight is 298 g/mol. The van der Waals surface area contributed by atoms with Crippen LogP contribution < -0.4 is 4.90 Å². The van der Waals surface area contributed by atoms with E-state index in [0.29, 0.717) is 0 Å². The van der Waals surface area contributed by atoms with E-state index in [2.05, 4.69) is 33.8 Å². The van der Waals surface area contributed by atoms with E-state index < -0.39 is 6.10 Å². The lowest BCUT2D eigenvalue weighted by Gasteiger charge is -2.25. The molecule has 1 aromatic rings. The van der Waals surface area contributed by atoms with Crippen LogP contribution in [-0.2, 0) is 0 Å². The second-order valence-corrected chi connectivity index (χ2v) is 5.72. The molecular weight excluding hydrogens is 278 g/mol. The van der Waals surface area contributed by atoms with Crippen molar-refractivity contribution in [1.29, 1.82) is 0 Å². The van der Waals surface area contributed by atoms with Gasteiger partial charge in [0.15, 0.2) is 0 Å². The monoisotopic (exact) mass is 297 g/mol. The molecule has 1 fully saturated rings. The number of aliphatic hydroxyl groups excluding tert-OH is 1. The van der Waals surface area contributed by atoms with Crippen molar-refractivity contribution in [2.75, 3.05) is 18.0 Å². The molecule has 0 bridgehead atoms. The van der Waals surface area contributed by atoms with Crippen LogP contribution in [0.5, 0.6) is 0 Å². The Morgan fingerprint density at radius 1 is 1.47 bits per heavy atom. The lowest BCUT2D eigenvalue weighted by Crippen LogP contribution is -2.25. The summed E-state index contributed by atoms with van der Waals surface area (Å²) in [5.41, 5.74) is 2.20. The van der Waals surface area contributed by atoms with Crippen LogP contribution in [0.15, 0.2) is 22.7 Å². The summed E-state index contributed by atoms with van der Waals surface area (Å²) in [6, 6.07) is 6.15. The summed E-state index contributed by atoms with van der Waals surface area (Å²) < 4.78 is 1.08. The highest BCUT2D eigenvalue weighted by atomic mass is 79.9. The van der Waals surface area contributed by atoms with E-state index in [1.54, 1.807) is 6.92 Å². The van der Waals surface area contributed by atoms with Gasteiger partial charge in [-0.1, -0.05) is 6.07 Å². The molecule has 2 rings (SSSR count). The number of anilines is 1. The van der Waals surface area contributed by atoms with Crippen molar-refractivity contribution in [1.82, 2.24) is 0 Å². The second-order valence-electron chi connectivity index (χ2n) is 4.87. The van der Waals surface area contributed by atoms with Crippen molar-refractivity contribution in [2.45, 2.75) is 32.8 Å². The molecule has 94 valence electrons. The van der Waals surface area contributed by atoms with E-state index >= 15 is 0 Å². The molecule has 0 unspecified atom stereocenters. The fourth-order valence-corrected chi connectivity index (χ4v) is 2.70. The predicted molar refractivity (Wildman–Crippen MR) is 75.4 cm³/mol. The summed E-state index contributed by atoms with van der Waals surface area (Å²) in [4.78, 5) is 2.41. The van der Waals surface area contributed by atoms with Gasteiger partial charge in [-0.2, -0.15) is 0 Å². The molecule has 1 atom stereocenters. The lowest BCUT2D eigenvalue weighted by atomic mass is 10.1. The second kappa shape index (κ2) is 5.40. The van der Waals surface area contributed by atoms with Gasteiger partial charge in [0.05, 0.1) is 11.8 Å². The Morgan fingerprint density at radius 2 is 2.18 bits per heavy atom. The van der Waals surface area contributed by atoms with Crippen molar-refractivity contribution in [3.05, 3.63) is 28.2 Å². The van der Waals surface area contributed by atoms with Gasteiger partial charge in [0.2, 0.25) is 0 Å². The van der Waals surface area contributed by atoms with E-state index in [0.717, 1.165) is 29.0 Å². The van der Waals surface area contributed by atoms with Crippen molar-refractivity contribution >= 4 is 21.6 Å². The van der Waals surface area contributed by atoms with Crippen LogP contribution in [0.2, 0.25) is 0 Å². The Bertz CT molecular complexity index is 388. The third-order valence-electron chi connectivity index (χ3n) is 3.35. The number of rotatable bonds is 5. The summed E-state index contributed by atoms with van der Waals surface area (Å²) in [5.74, 6) is 0.887. The zero-order valence-corrected chi connectivity index (χ0v) is 12.1. The summed E-state index contributed by atoms with van der Waals surface area (Å²) in [6.07, 6.45) is 2.35. The first-order valence-electron chi connectivity index (χ1n) is 6.34. The highest BCUT2D eigenvalue weighted by molar-refractivity contribution is 9.10. The van der Waals surface area contributed by atoms with Crippen molar-refractivity contribution in [3.63, 3.8) is 0 Å². The van der Waals surface area contributed by atoms with E-state index in [1.807, 2.05) is 12.1 Å². The standard InChI is InChI=1S/C14H20BrNO/c1-3-16(9-11-4-5-11)14-7-6-12(10(2)17)8-13(14)15/h6-8,10-11,17H,3-5,9H2,1-2H3/t10-/m1/s1. The molecule has 17 heavy (non-hydrogen) atoms. The Labute approximate surface area is 112 Å². The average Bonchev–Trinajstić information content (AvgIpc) is 3.10. The minimum absolute atomic E-state index is 0.404. The van der Waals surface area contributed by atoms with Gasteiger partial charge in [-0.3, -0.25) is 0 Å². The number of aliphatic hydroxyl groups is 1. The van der Waals surface area contributed by atoms with Gasteiger partial charge in [-0.05, 0) is 66.2 Å². The predicted octanol–water partition coefficient (Wildman–Crippen LogP) is 3.74. The molecule has 1 aliphatic carbocycles. The number of hydrogen-bond donors (Lipinski definition) is 1. The normalized spacial score (nSPS) is 16.9. The van der Waals surface area contributed by atoms with Crippen LogP contribution in [0.3, 0.4) is 0 Å². The number of benzene rings is 1. The maximum Gasteiger partial charge on any atom is 0.0762 e. The summed E-state index contributed by atoms with van der Waals surface area (Å²) in [6.45, 7) is 6.17. The molecule has 0 aliphatic heterocycles. The zero-order valence-electron chi connectivity index (χ0n) is 10.5. The van der Waals surface area contributed by atoms with Gasteiger partial charge in [-0.25, -0.2) is 0 Å². The van der Waals surface area contributed by atoms with E-state index in [1.165, 1.54) is 18.5 Å². The molecule has 1 saturated carbocycles. The highest BCUT2D eigenvalue weighted by Crippen LogP contribution is 2.34. The van der Waals surface area contributed by atoms with E-state index in [9.17, 15) is 5.11 Å². The topological polar surface area (TPSA) is 23.5 Å². The first-order valence-corrected chi connectivity index (χ1v) is 7.13. The minimum Gasteiger partial charge on any atom is -0.389 e. The van der Waals surface area contributed by atoms with Crippen molar-refractivity contribution in [2.24, 2.45) is 5.92 Å². The molecule has 0 amide bonds. The Balaban J connectivity index is 2.17. The first-order chi connectivity index (χ1) is 8.11. The molecule has 0 spiro atoms. The molecule has 0 saturated heterocycles. The van der Waals surface area contributed by atoms with Crippen LogP contribution in [0.25, 0.3) is 0 Å². The van der Waals surface area contributed by atoms with Crippen molar-refractivity contribution < 1.29 is 5.11 Å². The SMILES string of the molecule is CCN(CC1CC1)c1ccc([C@@H](C)O)cc1Br. The first kappa shape index (κ1) is 12.9. The number of nitrogens with zero attached hydrogens (tertiary/aromatic N) is 1. The van der Waals surface area contributed by atoms with Crippen LogP contribution in [-0.4, -0.2) is 18.2 Å². The van der Waals surface area contributed by atoms with Gasteiger partial charge < -0.3 is 10.0 Å². The third-order valence-corrected chi connectivity index (χ3v) is 3.99. The highest BCUT2D eigenvalue weighted by Gasteiger charge is 2.24. The van der Waals surface area contributed by atoms with E-state index in [-0.39, 0.29) is 0 Å². The minimum atomic E-state index is -0.404. The van der Waals surface area contributed by atoms with Gasteiger partial charge in [-0.15, -0.1) is 0 Å².